The molecule has 150 valence electrons. The van der Waals surface area contributed by atoms with Crippen LogP contribution in [-0.2, 0) is 19.4 Å². The minimum absolute atomic E-state index is 0.102. The van der Waals surface area contributed by atoms with Crippen LogP contribution in [0.3, 0.4) is 0 Å². The highest BCUT2D eigenvalue weighted by Gasteiger charge is 2.33. The van der Waals surface area contributed by atoms with E-state index in [0.717, 1.165) is 0 Å². The lowest BCUT2D eigenvalue weighted by Crippen LogP contribution is -2.57. The van der Waals surface area contributed by atoms with Gasteiger partial charge in [-0.1, -0.05) is 22.0 Å². The highest BCUT2D eigenvalue weighted by atomic mass is 79.9. The lowest BCUT2D eigenvalue weighted by atomic mass is 10.2. The third kappa shape index (κ3) is 5.93. The van der Waals surface area contributed by atoms with Crippen molar-refractivity contribution in [3.05, 3.63) is 28.7 Å². The van der Waals surface area contributed by atoms with Crippen LogP contribution in [0.4, 0.5) is 4.79 Å². The predicted molar refractivity (Wildman–Crippen MR) is 105 cm³/mol. The standard InChI is InChI=1S/C18H25BrN2O5S/c1-13-11-20(17(23)26-18(2,3)4)8-9-21(13)16(22)12-27(24,25)15-7-5-6-14(19)10-15/h5-7,10,13H,8-9,11-12H2,1-4H3. The van der Waals surface area contributed by atoms with E-state index in [9.17, 15) is 18.0 Å². The molecular weight excluding hydrogens is 436 g/mol. The quantitative estimate of drug-likeness (QED) is 0.691. The molecule has 0 aliphatic carbocycles. The molecule has 2 rings (SSSR count). The van der Waals surface area contributed by atoms with Crippen LogP contribution in [0.5, 0.6) is 0 Å². The maximum absolute atomic E-state index is 12.6. The molecule has 2 amide bonds. The zero-order valence-corrected chi connectivity index (χ0v) is 18.3. The van der Waals surface area contributed by atoms with Gasteiger partial charge in [-0.05, 0) is 45.9 Å². The first-order valence-corrected chi connectivity index (χ1v) is 11.1. The Bertz CT molecular complexity index is 819. The highest BCUT2D eigenvalue weighted by Crippen LogP contribution is 2.19. The number of ether oxygens (including phenoxy) is 1. The first kappa shape index (κ1) is 21.7. The zero-order valence-electron chi connectivity index (χ0n) is 15.9. The molecule has 1 aliphatic rings. The monoisotopic (exact) mass is 460 g/mol. The zero-order chi connectivity index (χ0) is 20.4. The van der Waals surface area contributed by atoms with Crippen molar-refractivity contribution in [3.63, 3.8) is 0 Å². The van der Waals surface area contributed by atoms with E-state index in [1.54, 1.807) is 44.7 Å². The Hall–Kier alpha value is -1.61. The molecule has 1 atom stereocenters. The molecule has 0 bridgehead atoms. The maximum atomic E-state index is 12.6. The average molecular weight is 461 g/mol. The van der Waals surface area contributed by atoms with Crippen molar-refractivity contribution in [2.24, 2.45) is 0 Å². The van der Waals surface area contributed by atoms with Crippen LogP contribution in [0.2, 0.25) is 0 Å². The van der Waals surface area contributed by atoms with Crippen LogP contribution in [0, 0.1) is 0 Å². The van der Waals surface area contributed by atoms with Crippen LogP contribution in [0.1, 0.15) is 27.7 Å². The summed E-state index contributed by atoms with van der Waals surface area (Å²) in [4.78, 5) is 27.9. The maximum Gasteiger partial charge on any atom is 0.410 e. The van der Waals surface area contributed by atoms with E-state index in [-0.39, 0.29) is 17.5 Å². The molecule has 0 spiro atoms. The lowest BCUT2D eigenvalue weighted by molar-refractivity contribution is -0.132. The van der Waals surface area contributed by atoms with Crippen molar-refractivity contribution in [1.29, 1.82) is 0 Å². The van der Waals surface area contributed by atoms with Crippen molar-refractivity contribution in [3.8, 4) is 0 Å². The summed E-state index contributed by atoms with van der Waals surface area (Å²) in [6.45, 7) is 8.05. The number of carbonyl (C=O) groups is 2. The normalized spacial score (nSPS) is 18.3. The van der Waals surface area contributed by atoms with Crippen molar-refractivity contribution in [2.75, 3.05) is 25.4 Å². The Balaban J connectivity index is 2.01. The van der Waals surface area contributed by atoms with Gasteiger partial charge < -0.3 is 14.5 Å². The van der Waals surface area contributed by atoms with Gasteiger partial charge >= 0.3 is 6.09 Å². The Morgan fingerprint density at radius 1 is 1.26 bits per heavy atom. The summed E-state index contributed by atoms with van der Waals surface area (Å²) in [5.74, 6) is -1.06. The largest absolute Gasteiger partial charge is 0.444 e. The number of piperazine rings is 1. The molecule has 1 aromatic carbocycles. The molecule has 1 unspecified atom stereocenters. The SMILES string of the molecule is CC1CN(C(=O)OC(C)(C)C)CCN1C(=O)CS(=O)(=O)c1cccc(Br)c1. The molecule has 27 heavy (non-hydrogen) atoms. The molecule has 9 heteroatoms. The van der Waals surface area contributed by atoms with Crippen molar-refractivity contribution in [1.82, 2.24) is 9.80 Å². The molecule has 1 fully saturated rings. The van der Waals surface area contributed by atoms with Gasteiger partial charge in [0.25, 0.3) is 0 Å². The van der Waals surface area contributed by atoms with Gasteiger partial charge in [0, 0.05) is 30.1 Å². The smallest absolute Gasteiger partial charge is 0.410 e. The van der Waals surface area contributed by atoms with Crippen LogP contribution in [0.25, 0.3) is 0 Å². The summed E-state index contributed by atoms with van der Waals surface area (Å²) >= 11 is 3.24. The molecule has 1 aliphatic heterocycles. The van der Waals surface area contributed by atoms with Crippen LogP contribution in [0.15, 0.2) is 33.6 Å². The summed E-state index contributed by atoms with van der Waals surface area (Å²) < 4.78 is 31.0. The Morgan fingerprint density at radius 2 is 1.93 bits per heavy atom. The molecule has 1 aromatic rings. The summed E-state index contributed by atoms with van der Waals surface area (Å²) in [7, 11) is -3.74. The van der Waals surface area contributed by atoms with Gasteiger partial charge in [-0.25, -0.2) is 13.2 Å². The number of halogens is 1. The number of hydrogen-bond acceptors (Lipinski definition) is 5. The Labute approximate surface area is 168 Å². The topological polar surface area (TPSA) is 84.0 Å². The van der Waals surface area contributed by atoms with Gasteiger partial charge in [0.1, 0.15) is 11.4 Å². The summed E-state index contributed by atoms with van der Waals surface area (Å²) in [5, 5.41) is 0. The molecule has 0 N–H and O–H groups in total. The van der Waals surface area contributed by atoms with Crippen molar-refractivity contribution in [2.45, 2.75) is 44.2 Å². The van der Waals surface area contributed by atoms with E-state index in [4.69, 9.17) is 4.74 Å². The van der Waals surface area contributed by atoms with Gasteiger partial charge in [-0.15, -0.1) is 0 Å². The minimum Gasteiger partial charge on any atom is -0.444 e. The second-order valence-electron chi connectivity index (χ2n) is 7.58. The van der Waals surface area contributed by atoms with Crippen molar-refractivity contribution >= 4 is 37.8 Å². The van der Waals surface area contributed by atoms with E-state index in [1.807, 2.05) is 0 Å². The van der Waals surface area contributed by atoms with Gasteiger partial charge in [0.05, 0.1) is 4.90 Å². The number of rotatable bonds is 3. The Kier molecular flexibility index (Phi) is 6.57. The van der Waals surface area contributed by atoms with Crippen LogP contribution < -0.4 is 0 Å². The van der Waals surface area contributed by atoms with E-state index in [1.165, 1.54) is 17.0 Å². The van der Waals surface area contributed by atoms with Gasteiger partial charge in [-0.2, -0.15) is 0 Å². The number of benzene rings is 1. The molecule has 1 saturated heterocycles. The number of amides is 2. The fraction of sp³-hybridized carbons (Fsp3) is 0.556. The lowest BCUT2D eigenvalue weighted by Gasteiger charge is -2.40. The van der Waals surface area contributed by atoms with Crippen LogP contribution >= 0.6 is 15.9 Å². The first-order valence-electron chi connectivity index (χ1n) is 8.65. The van der Waals surface area contributed by atoms with E-state index in [2.05, 4.69) is 15.9 Å². The average Bonchev–Trinajstić information content (AvgIpc) is 2.52. The van der Waals surface area contributed by atoms with Crippen molar-refractivity contribution < 1.29 is 22.7 Å². The Morgan fingerprint density at radius 3 is 2.48 bits per heavy atom. The molecular formula is C18H25BrN2O5S. The summed E-state index contributed by atoms with van der Waals surface area (Å²) in [6, 6.07) is 5.99. The summed E-state index contributed by atoms with van der Waals surface area (Å²) in [6.07, 6.45) is -0.428. The summed E-state index contributed by atoms with van der Waals surface area (Å²) in [5.41, 5.74) is -0.592. The third-order valence-electron chi connectivity index (χ3n) is 4.07. The number of sulfone groups is 1. The molecule has 0 aromatic heterocycles. The third-order valence-corrected chi connectivity index (χ3v) is 6.16. The van der Waals surface area contributed by atoms with E-state index < -0.39 is 33.2 Å². The van der Waals surface area contributed by atoms with Crippen LogP contribution in [-0.4, -0.2) is 67.2 Å². The van der Waals surface area contributed by atoms with Gasteiger partial charge in [0.15, 0.2) is 9.84 Å². The van der Waals surface area contributed by atoms with Gasteiger partial charge in [-0.3, -0.25) is 4.79 Å². The number of nitrogens with zero attached hydrogens (tertiary/aromatic N) is 2. The second kappa shape index (κ2) is 8.18. The van der Waals surface area contributed by atoms with E-state index in [0.29, 0.717) is 17.6 Å². The predicted octanol–water partition coefficient (Wildman–Crippen LogP) is 2.69. The van der Waals surface area contributed by atoms with Gasteiger partial charge in [0.2, 0.25) is 5.91 Å². The van der Waals surface area contributed by atoms with E-state index >= 15 is 0 Å². The number of hydrogen-bond donors (Lipinski definition) is 0. The molecule has 0 radical (unpaired) electrons. The molecule has 0 saturated carbocycles. The molecule has 1 heterocycles. The fourth-order valence-electron chi connectivity index (χ4n) is 2.81. The molecule has 7 nitrogen and oxygen atoms in total. The minimum atomic E-state index is -3.74. The number of carbonyl (C=O) groups excluding carboxylic acids is 2. The highest BCUT2D eigenvalue weighted by molar-refractivity contribution is 9.10. The second-order valence-corrected chi connectivity index (χ2v) is 10.5. The fourth-order valence-corrected chi connectivity index (χ4v) is 4.61. The first-order chi connectivity index (χ1) is 12.4.